The number of aryl methyl sites for hydroxylation is 1. The topological polar surface area (TPSA) is 139 Å². The zero-order valence-corrected chi connectivity index (χ0v) is 18.7. The van der Waals surface area contributed by atoms with Crippen molar-refractivity contribution in [2.24, 2.45) is 0 Å². The highest BCUT2D eigenvalue weighted by Crippen LogP contribution is 2.29. The summed E-state index contributed by atoms with van der Waals surface area (Å²) >= 11 is 0. The fourth-order valence-electron chi connectivity index (χ4n) is 2.87. The third kappa shape index (κ3) is 5.01. The molecule has 11 heteroatoms. The minimum atomic E-state index is -4.08. The largest absolute Gasteiger partial charge is 0.495 e. The Morgan fingerprint density at radius 1 is 0.875 bits per heavy atom. The summed E-state index contributed by atoms with van der Waals surface area (Å²) in [7, 11) is -6.73. The van der Waals surface area contributed by atoms with Crippen molar-refractivity contribution in [2.75, 3.05) is 16.6 Å². The minimum absolute atomic E-state index is 0.0262. The molecule has 0 aliphatic heterocycles. The van der Waals surface area contributed by atoms with Crippen LogP contribution in [0.4, 0.5) is 11.4 Å². The number of carboxylic acid groups (broad SMARTS) is 1. The molecule has 32 heavy (non-hydrogen) atoms. The van der Waals surface area contributed by atoms with Crippen LogP contribution in [-0.2, 0) is 20.0 Å². The number of hydrogen-bond acceptors (Lipinski definition) is 6. The first kappa shape index (κ1) is 23.1. The Balaban J connectivity index is 1.92. The summed E-state index contributed by atoms with van der Waals surface area (Å²) < 4.78 is 61.2. The van der Waals surface area contributed by atoms with Gasteiger partial charge in [0.2, 0.25) is 0 Å². The predicted octanol–water partition coefficient (Wildman–Crippen LogP) is 3.30. The van der Waals surface area contributed by atoms with Gasteiger partial charge in [-0.25, -0.2) is 21.6 Å². The van der Waals surface area contributed by atoms with Crippen LogP contribution in [0.3, 0.4) is 0 Å². The van der Waals surface area contributed by atoms with Gasteiger partial charge in [-0.15, -0.1) is 0 Å². The van der Waals surface area contributed by atoms with Gasteiger partial charge in [0, 0.05) is 0 Å². The molecule has 0 saturated heterocycles. The highest BCUT2D eigenvalue weighted by atomic mass is 32.2. The maximum absolute atomic E-state index is 13.0. The summed E-state index contributed by atoms with van der Waals surface area (Å²) in [5.74, 6) is -0.853. The van der Waals surface area contributed by atoms with Gasteiger partial charge in [-0.1, -0.05) is 18.2 Å². The van der Waals surface area contributed by atoms with E-state index in [1.807, 2.05) is 0 Å². The normalized spacial score (nSPS) is 11.6. The molecule has 168 valence electrons. The van der Waals surface area contributed by atoms with E-state index in [2.05, 4.69) is 9.44 Å². The second-order valence-corrected chi connectivity index (χ2v) is 10.1. The number of sulfonamides is 2. The van der Waals surface area contributed by atoms with Crippen LogP contribution in [0.2, 0.25) is 0 Å². The van der Waals surface area contributed by atoms with Gasteiger partial charge >= 0.3 is 5.97 Å². The zero-order chi connectivity index (χ0) is 23.5. The number of rotatable bonds is 8. The molecule has 0 heterocycles. The monoisotopic (exact) mass is 476 g/mol. The van der Waals surface area contributed by atoms with Crippen molar-refractivity contribution in [3.8, 4) is 5.75 Å². The first-order valence-electron chi connectivity index (χ1n) is 9.16. The van der Waals surface area contributed by atoms with E-state index in [1.165, 1.54) is 37.4 Å². The van der Waals surface area contributed by atoms with E-state index >= 15 is 0 Å². The quantitative estimate of drug-likeness (QED) is 0.453. The average Bonchev–Trinajstić information content (AvgIpc) is 2.75. The first-order valence-corrected chi connectivity index (χ1v) is 12.1. The van der Waals surface area contributed by atoms with Gasteiger partial charge in [0.25, 0.3) is 20.0 Å². The fraction of sp³-hybridized carbons (Fsp3) is 0.0952. The summed E-state index contributed by atoms with van der Waals surface area (Å²) in [6, 6.07) is 15.2. The number of hydrogen-bond donors (Lipinski definition) is 3. The van der Waals surface area contributed by atoms with Crippen molar-refractivity contribution in [1.29, 1.82) is 0 Å². The average molecular weight is 477 g/mol. The predicted molar refractivity (Wildman–Crippen MR) is 119 cm³/mol. The number of para-hydroxylation sites is 2. The lowest BCUT2D eigenvalue weighted by molar-refractivity contribution is 0.0696. The van der Waals surface area contributed by atoms with Crippen LogP contribution in [0.15, 0.2) is 76.5 Å². The molecular formula is C21H20N2O7S2. The third-order valence-corrected chi connectivity index (χ3v) is 7.40. The maximum atomic E-state index is 13.0. The molecule has 3 N–H and O–H groups in total. The molecule has 0 amide bonds. The van der Waals surface area contributed by atoms with E-state index in [1.54, 1.807) is 31.2 Å². The van der Waals surface area contributed by atoms with Crippen molar-refractivity contribution in [3.63, 3.8) is 0 Å². The Morgan fingerprint density at radius 3 is 2.16 bits per heavy atom. The van der Waals surface area contributed by atoms with E-state index in [-0.39, 0.29) is 26.7 Å². The molecule has 0 unspecified atom stereocenters. The molecule has 3 aromatic rings. The highest BCUT2D eigenvalue weighted by molar-refractivity contribution is 7.93. The van der Waals surface area contributed by atoms with E-state index in [4.69, 9.17) is 9.84 Å². The molecule has 0 aliphatic carbocycles. The lowest BCUT2D eigenvalue weighted by Crippen LogP contribution is -2.17. The number of carboxylic acids is 1. The molecule has 3 aromatic carbocycles. The summed E-state index contributed by atoms with van der Waals surface area (Å²) in [4.78, 5) is 10.7. The van der Waals surface area contributed by atoms with Gasteiger partial charge in [-0.2, -0.15) is 0 Å². The Bertz CT molecular complexity index is 1370. The van der Waals surface area contributed by atoms with Crippen molar-refractivity contribution in [1.82, 2.24) is 0 Å². The van der Waals surface area contributed by atoms with E-state index in [9.17, 15) is 21.6 Å². The number of aromatic carboxylic acids is 1. The lowest BCUT2D eigenvalue weighted by Gasteiger charge is -2.15. The smallest absolute Gasteiger partial charge is 0.335 e. The van der Waals surface area contributed by atoms with Crippen molar-refractivity contribution < 1.29 is 31.5 Å². The Morgan fingerprint density at radius 2 is 1.53 bits per heavy atom. The standard InChI is InChI=1S/C21H20N2O7S2/c1-14-7-10-16(22-31(26,27)17-11-8-15(9-12-17)21(24)25)13-20(14)32(28,29)23-18-5-3-4-6-19(18)30-2/h3-13,22-23H,1-2H3,(H,24,25). The van der Waals surface area contributed by atoms with Crippen LogP contribution >= 0.6 is 0 Å². The molecule has 0 radical (unpaired) electrons. The number of benzene rings is 3. The van der Waals surface area contributed by atoms with Crippen LogP contribution in [-0.4, -0.2) is 35.0 Å². The first-order chi connectivity index (χ1) is 15.0. The molecule has 0 saturated carbocycles. The van der Waals surface area contributed by atoms with Crippen LogP contribution in [0.25, 0.3) is 0 Å². The second kappa shape index (κ2) is 8.89. The van der Waals surface area contributed by atoms with Gasteiger partial charge in [0.15, 0.2) is 0 Å². The van der Waals surface area contributed by atoms with E-state index in [0.717, 1.165) is 12.1 Å². The van der Waals surface area contributed by atoms with E-state index in [0.29, 0.717) is 11.3 Å². The molecular weight excluding hydrogens is 456 g/mol. The van der Waals surface area contributed by atoms with Gasteiger partial charge in [0.1, 0.15) is 5.75 Å². The summed E-state index contributed by atoms with van der Waals surface area (Å²) in [6.45, 7) is 1.58. The van der Waals surface area contributed by atoms with Crippen molar-refractivity contribution in [2.45, 2.75) is 16.7 Å². The molecule has 0 aromatic heterocycles. The van der Waals surface area contributed by atoms with Crippen LogP contribution in [0.1, 0.15) is 15.9 Å². The Hall–Kier alpha value is -3.57. The number of nitrogens with one attached hydrogen (secondary N) is 2. The molecule has 3 rings (SSSR count). The zero-order valence-electron chi connectivity index (χ0n) is 17.1. The van der Waals surface area contributed by atoms with Gasteiger partial charge in [-0.3, -0.25) is 9.44 Å². The molecule has 0 spiro atoms. The molecule has 0 bridgehead atoms. The Kier molecular flexibility index (Phi) is 6.42. The summed E-state index contributed by atoms with van der Waals surface area (Å²) in [5.41, 5.74) is 0.605. The minimum Gasteiger partial charge on any atom is -0.495 e. The van der Waals surface area contributed by atoms with Crippen LogP contribution in [0.5, 0.6) is 5.75 Å². The molecule has 0 fully saturated rings. The number of methoxy groups -OCH3 is 1. The number of carbonyl (C=O) groups is 1. The van der Waals surface area contributed by atoms with Gasteiger partial charge in [-0.05, 0) is 61.0 Å². The second-order valence-electron chi connectivity index (χ2n) is 6.72. The highest BCUT2D eigenvalue weighted by Gasteiger charge is 2.21. The lowest BCUT2D eigenvalue weighted by atomic mass is 10.2. The van der Waals surface area contributed by atoms with Crippen LogP contribution in [0, 0.1) is 6.92 Å². The van der Waals surface area contributed by atoms with Crippen LogP contribution < -0.4 is 14.2 Å². The van der Waals surface area contributed by atoms with Gasteiger partial charge < -0.3 is 9.84 Å². The summed E-state index contributed by atoms with van der Waals surface area (Å²) in [6.07, 6.45) is 0. The molecule has 9 nitrogen and oxygen atoms in total. The third-order valence-electron chi connectivity index (χ3n) is 4.49. The van der Waals surface area contributed by atoms with Gasteiger partial charge in [0.05, 0.1) is 33.8 Å². The number of ether oxygens (including phenoxy) is 1. The van der Waals surface area contributed by atoms with Crippen molar-refractivity contribution >= 4 is 37.4 Å². The summed E-state index contributed by atoms with van der Waals surface area (Å²) in [5, 5.41) is 8.95. The Labute approximate surface area is 185 Å². The molecule has 0 atom stereocenters. The number of anilines is 2. The van der Waals surface area contributed by atoms with Crippen molar-refractivity contribution in [3.05, 3.63) is 77.9 Å². The fourth-order valence-corrected chi connectivity index (χ4v) is 5.26. The maximum Gasteiger partial charge on any atom is 0.335 e. The molecule has 0 aliphatic rings. The SMILES string of the molecule is COc1ccccc1NS(=O)(=O)c1cc(NS(=O)(=O)c2ccc(C(=O)O)cc2)ccc1C. The van der Waals surface area contributed by atoms with E-state index < -0.39 is 26.0 Å².